The van der Waals surface area contributed by atoms with Crippen molar-refractivity contribution in [1.29, 1.82) is 0 Å². The van der Waals surface area contributed by atoms with Gasteiger partial charge in [0.25, 0.3) is 0 Å². The highest BCUT2D eigenvalue weighted by molar-refractivity contribution is 5.74. The number of aliphatic hydroxyl groups is 1. The molecule has 0 bridgehead atoms. The third-order valence-corrected chi connectivity index (χ3v) is 5.95. The summed E-state index contributed by atoms with van der Waals surface area (Å²) >= 11 is 0. The van der Waals surface area contributed by atoms with E-state index in [1.165, 1.54) is 0 Å². The van der Waals surface area contributed by atoms with Crippen LogP contribution in [0.3, 0.4) is 0 Å². The number of nitrogens with one attached hydrogen (secondary N) is 1. The first kappa shape index (κ1) is 20.5. The molecule has 1 heterocycles. The van der Waals surface area contributed by atoms with Gasteiger partial charge in [0, 0.05) is 24.7 Å². The molecule has 1 unspecified atom stereocenters. The zero-order chi connectivity index (χ0) is 20.3. The minimum absolute atomic E-state index is 0.0206. The average Bonchev–Trinajstić information content (AvgIpc) is 2.69. The lowest BCUT2D eigenvalue weighted by Crippen LogP contribution is -2.49. The maximum atomic E-state index is 13.9. The normalized spacial score (nSPS) is 24.6. The van der Waals surface area contributed by atoms with Gasteiger partial charge in [0.1, 0.15) is 11.6 Å². The predicted molar refractivity (Wildman–Crippen MR) is 97.5 cm³/mol. The molecule has 1 aliphatic carbocycles. The van der Waals surface area contributed by atoms with E-state index in [2.05, 4.69) is 5.32 Å². The zero-order valence-corrected chi connectivity index (χ0v) is 15.6. The van der Waals surface area contributed by atoms with Gasteiger partial charge < -0.3 is 20.4 Å². The van der Waals surface area contributed by atoms with E-state index in [1.807, 2.05) is 0 Å². The minimum Gasteiger partial charge on any atom is -0.481 e. The van der Waals surface area contributed by atoms with Crippen LogP contribution in [0.25, 0.3) is 0 Å². The van der Waals surface area contributed by atoms with Crippen LogP contribution in [0.1, 0.15) is 50.2 Å². The summed E-state index contributed by atoms with van der Waals surface area (Å²) in [5.74, 6) is -2.57. The highest BCUT2D eigenvalue weighted by Crippen LogP contribution is 2.32. The predicted octanol–water partition coefficient (Wildman–Crippen LogP) is 3.06. The first-order chi connectivity index (χ1) is 13.3. The van der Waals surface area contributed by atoms with Crippen LogP contribution < -0.4 is 5.32 Å². The molecule has 154 valence electrons. The van der Waals surface area contributed by atoms with Crippen LogP contribution in [0, 0.1) is 23.5 Å². The molecular formula is C20H26F2N2O4. The Bertz CT molecular complexity index is 714. The molecule has 0 radical (unpaired) electrons. The molecule has 6 nitrogen and oxygen atoms in total. The number of hydrogen-bond acceptors (Lipinski definition) is 3. The highest BCUT2D eigenvalue weighted by Gasteiger charge is 2.32. The fourth-order valence-electron chi connectivity index (χ4n) is 4.16. The number of halogens is 2. The summed E-state index contributed by atoms with van der Waals surface area (Å²) in [6, 6.07) is 2.83. The van der Waals surface area contributed by atoms with Crippen LogP contribution in [0.4, 0.5) is 13.6 Å². The SMILES string of the molecule is O=C(O)C1CCC(NC(=O)N2CCC(C(O)c3cc(F)ccc3F)CC2)CC1. The standard InChI is InChI=1S/C20H26F2N2O4/c21-14-3-6-17(22)16(11-14)18(25)12-7-9-24(10-8-12)20(28)23-15-4-1-13(2-5-15)19(26)27/h3,6,11-13,15,18,25H,1-2,4-5,7-10H2,(H,23,28)(H,26,27). The average molecular weight is 396 g/mol. The van der Waals surface area contributed by atoms with Crippen molar-refractivity contribution < 1.29 is 28.6 Å². The number of benzene rings is 1. The number of amides is 2. The molecule has 1 aliphatic heterocycles. The summed E-state index contributed by atoms with van der Waals surface area (Å²) in [4.78, 5) is 25.1. The first-order valence-electron chi connectivity index (χ1n) is 9.76. The van der Waals surface area contributed by atoms with Crippen LogP contribution in [0.2, 0.25) is 0 Å². The van der Waals surface area contributed by atoms with Crippen molar-refractivity contribution in [1.82, 2.24) is 10.2 Å². The number of carbonyl (C=O) groups excluding carboxylic acids is 1. The number of carboxylic acid groups (broad SMARTS) is 1. The van der Waals surface area contributed by atoms with Gasteiger partial charge in [-0.05, 0) is 62.6 Å². The van der Waals surface area contributed by atoms with E-state index in [1.54, 1.807) is 4.90 Å². The van der Waals surface area contributed by atoms with E-state index in [-0.39, 0.29) is 29.5 Å². The molecule has 1 aromatic rings. The molecule has 3 rings (SSSR count). The van der Waals surface area contributed by atoms with Gasteiger partial charge in [-0.3, -0.25) is 4.79 Å². The van der Waals surface area contributed by atoms with E-state index < -0.39 is 23.7 Å². The van der Waals surface area contributed by atoms with Gasteiger partial charge >= 0.3 is 12.0 Å². The second-order valence-electron chi connectivity index (χ2n) is 7.77. The largest absolute Gasteiger partial charge is 0.481 e. The fraction of sp³-hybridized carbons (Fsp3) is 0.600. The maximum Gasteiger partial charge on any atom is 0.317 e. The lowest BCUT2D eigenvalue weighted by atomic mass is 9.86. The molecule has 1 atom stereocenters. The third-order valence-electron chi connectivity index (χ3n) is 5.95. The monoisotopic (exact) mass is 396 g/mol. The van der Waals surface area contributed by atoms with Crippen LogP contribution in [0.5, 0.6) is 0 Å². The van der Waals surface area contributed by atoms with Crippen molar-refractivity contribution in [2.24, 2.45) is 11.8 Å². The van der Waals surface area contributed by atoms with Crippen molar-refractivity contribution in [2.45, 2.75) is 50.7 Å². The quantitative estimate of drug-likeness (QED) is 0.730. The van der Waals surface area contributed by atoms with Gasteiger partial charge in [-0.1, -0.05) is 0 Å². The number of carbonyl (C=O) groups is 2. The Morgan fingerprint density at radius 1 is 1.07 bits per heavy atom. The van der Waals surface area contributed by atoms with E-state index in [4.69, 9.17) is 5.11 Å². The summed E-state index contributed by atoms with van der Waals surface area (Å²) in [7, 11) is 0. The molecular weight excluding hydrogens is 370 g/mol. The van der Waals surface area contributed by atoms with Crippen LogP contribution in [-0.2, 0) is 4.79 Å². The minimum atomic E-state index is -1.10. The van der Waals surface area contributed by atoms with Crippen molar-refractivity contribution in [3.8, 4) is 0 Å². The molecule has 0 spiro atoms. The Hall–Kier alpha value is -2.22. The molecule has 8 heteroatoms. The number of hydrogen-bond donors (Lipinski definition) is 3. The number of carboxylic acids is 1. The van der Waals surface area contributed by atoms with Crippen molar-refractivity contribution in [3.05, 3.63) is 35.4 Å². The number of piperidine rings is 1. The van der Waals surface area contributed by atoms with Gasteiger partial charge in [0.15, 0.2) is 0 Å². The molecule has 28 heavy (non-hydrogen) atoms. The topological polar surface area (TPSA) is 89.9 Å². The Labute approximate surface area is 162 Å². The van der Waals surface area contributed by atoms with Crippen LogP contribution in [-0.4, -0.2) is 46.2 Å². The number of aliphatic hydroxyl groups excluding tert-OH is 1. The molecule has 1 saturated carbocycles. The Kier molecular flexibility index (Phi) is 6.49. The first-order valence-corrected chi connectivity index (χ1v) is 9.76. The fourth-order valence-corrected chi connectivity index (χ4v) is 4.16. The number of nitrogens with zero attached hydrogens (tertiary/aromatic N) is 1. The summed E-state index contributed by atoms with van der Waals surface area (Å²) in [6.07, 6.45) is 2.31. The molecule has 2 aliphatic rings. The molecule has 2 amide bonds. The van der Waals surface area contributed by atoms with Crippen LogP contribution in [0.15, 0.2) is 18.2 Å². The van der Waals surface area contributed by atoms with Crippen molar-refractivity contribution in [2.75, 3.05) is 13.1 Å². The van der Waals surface area contributed by atoms with E-state index >= 15 is 0 Å². The van der Waals surface area contributed by atoms with E-state index in [0.717, 1.165) is 18.2 Å². The lowest BCUT2D eigenvalue weighted by molar-refractivity contribution is -0.142. The number of likely N-dealkylation sites (tertiary alicyclic amines) is 1. The second kappa shape index (κ2) is 8.86. The van der Waals surface area contributed by atoms with Gasteiger partial charge in [-0.25, -0.2) is 13.6 Å². The highest BCUT2D eigenvalue weighted by atomic mass is 19.1. The number of rotatable bonds is 4. The van der Waals surface area contributed by atoms with E-state index in [9.17, 15) is 23.5 Å². The third kappa shape index (κ3) is 4.79. The lowest BCUT2D eigenvalue weighted by Gasteiger charge is -2.36. The van der Waals surface area contributed by atoms with Gasteiger partial charge in [-0.15, -0.1) is 0 Å². The zero-order valence-electron chi connectivity index (χ0n) is 15.6. The molecule has 1 aromatic carbocycles. The van der Waals surface area contributed by atoms with Gasteiger partial charge in [0.05, 0.1) is 12.0 Å². The second-order valence-corrected chi connectivity index (χ2v) is 7.77. The number of urea groups is 1. The smallest absolute Gasteiger partial charge is 0.317 e. The molecule has 1 saturated heterocycles. The van der Waals surface area contributed by atoms with Crippen molar-refractivity contribution >= 4 is 12.0 Å². The number of aliphatic carboxylic acids is 1. The Balaban J connectivity index is 1.48. The summed E-state index contributed by atoms with van der Waals surface area (Å²) in [6.45, 7) is 0.851. The van der Waals surface area contributed by atoms with Crippen LogP contribution >= 0.6 is 0 Å². The van der Waals surface area contributed by atoms with Gasteiger partial charge in [0.2, 0.25) is 0 Å². The summed E-state index contributed by atoms with van der Waals surface area (Å²) in [5, 5.41) is 22.4. The van der Waals surface area contributed by atoms with E-state index in [0.29, 0.717) is 51.6 Å². The molecule has 0 aromatic heterocycles. The Morgan fingerprint density at radius 2 is 1.71 bits per heavy atom. The summed E-state index contributed by atoms with van der Waals surface area (Å²) < 4.78 is 27.2. The van der Waals surface area contributed by atoms with Crippen molar-refractivity contribution in [3.63, 3.8) is 0 Å². The van der Waals surface area contributed by atoms with Gasteiger partial charge in [-0.2, -0.15) is 0 Å². The molecule has 2 fully saturated rings. The maximum absolute atomic E-state index is 13.9. The Morgan fingerprint density at radius 3 is 2.32 bits per heavy atom. The molecule has 3 N–H and O–H groups in total. The summed E-state index contributed by atoms with van der Waals surface area (Å²) in [5.41, 5.74) is -0.0434.